The summed E-state index contributed by atoms with van der Waals surface area (Å²) in [6.45, 7) is 1.37. The normalized spacial score (nSPS) is 18.4. The van der Waals surface area contributed by atoms with E-state index in [1.807, 2.05) is 4.90 Å². The molecule has 116 valence electrons. The molecule has 1 aliphatic rings. The molecule has 1 amide bonds. The van der Waals surface area contributed by atoms with Crippen LogP contribution in [-0.2, 0) is 4.79 Å². The fourth-order valence-corrected chi connectivity index (χ4v) is 2.43. The fraction of sp³-hybridized carbons (Fsp3) is 0.643. The summed E-state index contributed by atoms with van der Waals surface area (Å²) < 4.78 is 10.8. The number of hydrogen-bond donors (Lipinski definition) is 0. The zero-order valence-electron chi connectivity index (χ0n) is 12.1. The molecule has 1 saturated heterocycles. The van der Waals surface area contributed by atoms with Crippen LogP contribution in [0.3, 0.4) is 0 Å². The molecule has 0 N–H and O–H groups in total. The molecule has 1 aliphatic heterocycles. The van der Waals surface area contributed by atoms with Gasteiger partial charge in [0.1, 0.15) is 6.10 Å². The Morgan fingerprint density at radius 2 is 2.29 bits per heavy atom. The Hall–Kier alpha value is -1.56. The number of ether oxygens (including phenoxy) is 2. The van der Waals surface area contributed by atoms with Gasteiger partial charge in [-0.05, 0) is 19.3 Å². The Bertz CT molecular complexity index is 473. The largest absolute Gasteiger partial charge is 0.480 e. The van der Waals surface area contributed by atoms with Gasteiger partial charge in [0.15, 0.2) is 0 Å². The zero-order valence-corrected chi connectivity index (χ0v) is 12.9. The molecule has 0 spiro atoms. The third-order valence-corrected chi connectivity index (χ3v) is 3.61. The molecule has 0 aromatic carbocycles. The van der Waals surface area contributed by atoms with Gasteiger partial charge < -0.3 is 14.4 Å². The van der Waals surface area contributed by atoms with Crippen LogP contribution in [0.2, 0.25) is 0 Å². The van der Waals surface area contributed by atoms with E-state index in [0.29, 0.717) is 37.0 Å². The number of carbonyl (C=O) groups is 1. The number of rotatable bonds is 6. The first-order valence-corrected chi connectivity index (χ1v) is 7.63. The van der Waals surface area contributed by atoms with E-state index in [1.165, 1.54) is 13.3 Å². The summed E-state index contributed by atoms with van der Waals surface area (Å²) in [5, 5.41) is 0. The molecule has 1 aromatic rings. The van der Waals surface area contributed by atoms with E-state index < -0.39 is 0 Å². The molecule has 1 aromatic heterocycles. The van der Waals surface area contributed by atoms with Gasteiger partial charge in [-0.1, -0.05) is 0 Å². The van der Waals surface area contributed by atoms with Crippen LogP contribution in [0.15, 0.2) is 12.4 Å². The van der Waals surface area contributed by atoms with E-state index in [0.717, 1.165) is 19.4 Å². The van der Waals surface area contributed by atoms with Gasteiger partial charge in [-0.2, -0.15) is 4.98 Å². The number of hydrogen-bond acceptors (Lipinski definition) is 5. The fourth-order valence-electron chi connectivity index (χ4n) is 2.29. The van der Waals surface area contributed by atoms with E-state index in [2.05, 4.69) is 9.97 Å². The van der Waals surface area contributed by atoms with Crippen molar-refractivity contribution < 1.29 is 14.3 Å². The summed E-state index contributed by atoms with van der Waals surface area (Å²) in [7, 11) is 1.53. The quantitative estimate of drug-likeness (QED) is 0.750. The number of nitrogens with zero attached hydrogens (tertiary/aromatic N) is 3. The molecule has 1 atom stereocenters. The molecule has 0 bridgehead atoms. The Morgan fingerprint density at radius 3 is 3.05 bits per heavy atom. The maximum absolute atomic E-state index is 12.0. The van der Waals surface area contributed by atoms with Gasteiger partial charge in [-0.25, -0.2) is 0 Å². The van der Waals surface area contributed by atoms with Crippen molar-refractivity contribution in [2.24, 2.45) is 0 Å². The predicted molar refractivity (Wildman–Crippen MR) is 78.8 cm³/mol. The molecular weight excluding hydrogens is 294 g/mol. The summed E-state index contributed by atoms with van der Waals surface area (Å²) >= 11 is 5.63. The maximum Gasteiger partial charge on any atom is 0.235 e. The molecule has 0 aliphatic carbocycles. The van der Waals surface area contributed by atoms with Crippen LogP contribution in [-0.4, -0.2) is 53.0 Å². The Kier molecular flexibility index (Phi) is 6.04. The van der Waals surface area contributed by atoms with Crippen molar-refractivity contribution in [1.29, 1.82) is 0 Å². The van der Waals surface area contributed by atoms with Crippen LogP contribution >= 0.6 is 11.6 Å². The number of alkyl halides is 1. The smallest absolute Gasteiger partial charge is 0.235 e. The third-order valence-electron chi connectivity index (χ3n) is 3.34. The molecule has 1 fully saturated rings. The summed E-state index contributed by atoms with van der Waals surface area (Å²) in [5.74, 6) is 1.49. The van der Waals surface area contributed by atoms with Crippen molar-refractivity contribution in [3.05, 3.63) is 12.4 Å². The van der Waals surface area contributed by atoms with Crippen LogP contribution in [0.4, 0.5) is 0 Å². The lowest BCUT2D eigenvalue weighted by Crippen LogP contribution is -2.44. The minimum atomic E-state index is -0.0555. The third kappa shape index (κ3) is 4.74. The van der Waals surface area contributed by atoms with E-state index >= 15 is 0 Å². The highest BCUT2D eigenvalue weighted by Crippen LogP contribution is 2.18. The van der Waals surface area contributed by atoms with Gasteiger partial charge in [0, 0.05) is 18.8 Å². The Balaban J connectivity index is 1.90. The highest BCUT2D eigenvalue weighted by atomic mass is 35.5. The molecule has 6 nitrogen and oxygen atoms in total. The predicted octanol–water partition coefficient (Wildman–Crippen LogP) is 1.87. The molecule has 1 unspecified atom stereocenters. The average Bonchev–Trinajstić information content (AvgIpc) is 2.53. The van der Waals surface area contributed by atoms with Crippen LogP contribution in [0.25, 0.3) is 0 Å². The number of halogens is 1. The first kappa shape index (κ1) is 15.8. The second-order valence-corrected chi connectivity index (χ2v) is 5.29. The van der Waals surface area contributed by atoms with Crippen molar-refractivity contribution in [3.8, 4) is 11.8 Å². The van der Waals surface area contributed by atoms with Crippen LogP contribution < -0.4 is 9.47 Å². The second-order valence-electron chi connectivity index (χ2n) is 4.91. The van der Waals surface area contributed by atoms with Crippen LogP contribution in [0.5, 0.6) is 11.8 Å². The molecule has 0 saturated carbocycles. The SMILES string of the molecule is COc1cncc(OC2CCCN(C(=O)CCCCl)C2)n1. The molecular formula is C14H20ClN3O3. The number of methoxy groups -OCH3 is 1. The highest BCUT2D eigenvalue weighted by Gasteiger charge is 2.24. The minimum absolute atomic E-state index is 0.0555. The van der Waals surface area contributed by atoms with Gasteiger partial charge in [0.2, 0.25) is 17.7 Å². The monoisotopic (exact) mass is 313 g/mol. The molecule has 21 heavy (non-hydrogen) atoms. The van der Waals surface area contributed by atoms with E-state index in [1.54, 1.807) is 6.20 Å². The summed E-state index contributed by atoms with van der Waals surface area (Å²) in [5.41, 5.74) is 0. The summed E-state index contributed by atoms with van der Waals surface area (Å²) in [6.07, 6.45) is 6.05. The highest BCUT2D eigenvalue weighted by molar-refractivity contribution is 6.17. The summed E-state index contributed by atoms with van der Waals surface area (Å²) in [6, 6.07) is 0. The number of piperidine rings is 1. The number of aromatic nitrogens is 2. The maximum atomic E-state index is 12.0. The van der Waals surface area contributed by atoms with Crippen LogP contribution in [0, 0.1) is 0 Å². The van der Waals surface area contributed by atoms with Crippen LogP contribution in [0.1, 0.15) is 25.7 Å². The lowest BCUT2D eigenvalue weighted by molar-refractivity contribution is -0.133. The first-order chi connectivity index (χ1) is 10.2. The zero-order chi connectivity index (χ0) is 15.1. The van der Waals surface area contributed by atoms with Crippen molar-refractivity contribution in [3.63, 3.8) is 0 Å². The van der Waals surface area contributed by atoms with Crippen molar-refractivity contribution >= 4 is 17.5 Å². The van der Waals surface area contributed by atoms with Crippen molar-refractivity contribution in [1.82, 2.24) is 14.9 Å². The Morgan fingerprint density at radius 1 is 1.48 bits per heavy atom. The molecule has 2 rings (SSSR count). The average molecular weight is 314 g/mol. The van der Waals surface area contributed by atoms with Gasteiger partial charge >= 0.3 is 0 Å². The van der Waals surface area contributed by atoms with Gasteiger partial charge in [0.05, 0.1) is 26.0 Å². The number of amides is 1. The van der Waals surface area contributed by atoms with E-state index in [9.17, 15) is 4.79 Å². The number of likely N-dealkylation sites (tertiary alicyclic amines) is 1. The molecule has 0 radical (unpaired) electrons. The first-order valence-electron chi connectivity index (χ1n) is 7.09. The lowest BCUT2D eigenvalue weighted by Gasteiger charge is -2.32. The molecule has 7 heteroatoms. The Labute approximate surface area is 129 Å². The topological polar surface area (TPSA) is 64.6 Å². The molecule has 2 heterocycles. The lowest BCUT2D eigenvalue weighted by atomic mass is 10.1. The number of carbonyl (C=O) groups excluding carboxylic acids is 1. The van der Waals surface area contributed by atoms with E-state index in [4.69, 9.17) is 21.1 Å². The minimum Gasteiger partial charge on any atom is -0.480 e. The van der Waals surface area contributed by atoms with Crippen molar-refractivity contribution in [2.45, 2.75) is 31.8 Å². The van der Waals surface area contributed by atoms with Gasteiger partial charge in [0.25, 0.3) is 0 Å². The van der Waals surface area contributed by atoms with Gasteiger partial charge in [-0.15, -0.1) is 11.6 Å². The van der Waals surface area contributed by atoms with E-state index in [-0.39, 0.29) is 12.0 Å². The summed E-state index contributed by atoms with van der Waals surface area (Å²) in [4.78, 5) is 22.0. The standard InChI is InChI=1S/C14H20ClN3O3/c1-20-12-8-16-9-13(17-12)21-11-4-3-7-18(10-11)14(19)5-2-6-15/h8-9,11H,2-7,10H2,1H3. The second kappa shape index (κ2) is 8.02. The van der Waals surface area contributed by atoms with Crippen molar-refractivity contribution in [2.75, 3.05) is 26.1 Å². The van der Waals surface area contributed by atoms with Gasteiger partial charge in [-0.3, -0.25) is 9.78 Å².